The van der Waals surface area contributed by atoms with E-state index in [2.05, 4.69) is 36.2 Å². The van der Waals surface area contributed by atoms with E-state index < -0.39 is 0 Å². The number of hydrogen-bond donors (Lipinski definition) is 1. The average molecular weight is 315 g/mol. The minimum atomic E-state index is -0.365. The number of carbonyl (C=O) groups excluding carboxylic acids is 1. The quantitative estimate of drug-likeness (QED) is 0.754. The van der Waals surface area contributed by atoms with Gasteiger partial charge in [-0.2, -0.15) is 15.3 Å². The molecule has 0 atom stereocenters. The second kappa shape index (κ2) is 6.87. The number of carbonyl (C=O) groups is 1. The van der Waals surface area contributed by atoms with Crippen LogP contribution in [0.15, 0.2) is 16.6 Å². The molecule has 8 nitrogen and oxygen atoms in total. The molecule has 3 heterocycles. The molecule has 0 radical (unpaired) electrons. The van der Waals surface area contributed by atoms with E-state index in [4.69, 9.17) is 6.42 Å². The van der Waals surface area contributed by atoms with Crippen LogP contribution in [0.25, 0.3) is 0 Å². The van der Waals surface area contributed by atoms with Crippen LogP contribution in [-0.2, 0) is 11.3 Å². The minimum Gasteiger partial charge on any atom is -0.340 e. The number of H-pyrrole nitrogens is 1. The summed E-state index contributed by atoms with van der Waals surface area (Å²) < 4.78 is 0. The molecular weight excluding hydrogens is 294 g/mol. The van der Waals surface area contributed by atoms with Crippen molar-refractivity contribution in [3.8, 4) is 12.3 Å². The molecule has 0 saturated carbocycles. The van der Waals surface area contributed by atoms with Gasteiger partial charge < -0.3 is 4.90 Å². The maximum absolute atomic E-state index is 12.3. The van der Waals surface area contributed by atoms with Crippen LogP contribution in [0.1, 0.15) is 31.5 Å². The van der Waals surface area contributed by atoms with Crippen LogP contribution in [-0.4, -0.2) is 62.7 Å². The third-order valence-corrected chi connectivity index (χ3v) is 4.36. The van der Waals surface area contributed by atoms with Gasteiger partial charge in [-0.05, 0) is 0 Å². The van der Waals surface area contributed by atoms with Crippen molar-refractivity contribution in [2.45, 2.75) is 37.9 Å². The SMILES string of the molecule is C#CCCC1(CCC(=O)N2CCN(Cc3ncn[nH]3)CC2)N=N1. The van der Waals surface area contributed by atoms with Gasteiger partial charge in [0.15, 0.2) is 5.66 Å². The highest BCUT2D eigenvalue weighted by Crippen LogP contribution is 2.37. The van der Waals surface area contributed by atoms with Crippen LogP contribution in [0.5, 0.6) is 0 Å². The van der Waals surface area contributed by atoms with Crippen LogP contribution < -0.4 is 0 Å². The molecule has 23 heavy (non-hydrogen) atoms. The van der Waals surface area contributed by atoms with Crippen molar-refractivity contribution in [3.63, 3.8) is 0 Å². The van der Waals surface area contributed by atoms with Crippen LogP contribution in [0, 0.1) is 12.3 Å². The Morgan fingerprint density at radius 2 is 2.09 bits per heavy atom. The summed E-state index contributed by atoms with van der Waals surface area (Å²) in [5, 5.41) is 14.9. The lowest BCUT2D eigenvalue weighted by molar-refractivity contribution is -0.133. The summed E-state index contributed by atoms with van der Waals surface area (Å²) in [6.45, 7) is 3.94. The average Bonchev–Trinajstić information content (AvgIpc) is 3.17. The summed E-state index contributed by atoms with van der Waals surface area (Å²) in [5.41, 5.74) is -0.365. The second-order valence-corrected chi connectivity index (χ2v) is 5.98. The minimum absolute atomic E-state index is 0.182. The zero-order valence-electron chi connectivity index (χ0n) is 13.1. The zero-order valence-corrected chi connectivity index (χ0v) is 13.1. The maximum atomic E-state index is 12.3. The number of amides is 1. The number of piperazine rings is 1. The Morgan fingerprint density at radius 3 is 2.70 bits per heavy atom. The summed E-state index contributed by atoms with van der Waals surface area (Å²) in [4.78, 5) is 20.6. The highest BCUT2D eigenvalue weighted by atomic mass is 16.2. The maximum Gasteiger partial charge on any atom is 0.222 e. The molecule has 3 rings (SSSR count). The van der Waals surface area contributed by atoms with Crippen molar-refractivity contribution in [1.29, 1.82) is 0 Å². The van der Waals surface area contributed by atoms with Crippen LogP contribution in [0.2, 0.25) is 0 Å². The number of rotatable bonds is 7. The van der Waals surface area contributed by atoms with E-state index in [1.54, 1.807) is 0 Å². The molecule has 0 aliphatic carbocycles. The first-order valence-corrected chi connectivity index (χ1v) is 7.93. The molecule has 122 valence electrons. The molecule has 0 aromatic carbocycles. The molecular formula is C15H21N7O. The Kier molecular flexibility index (Phi) is 4.67. The van der Waals surface area contributed by atoms with E-state index in [1.165, 1.54) is 6.33 Å². The molecule has 1 saturated heterocycles. The first-order valence-electron chi connectivity index (χ1n) is 7.93. The smallest absolute Gasteiger partial charge is 0.222 e. The molecule has 1 amide bonds. The molecule has 0 spiro atoms. The van der Waals surface area contributed by atoms with Gasteiger partial charge in [0.05, 0.1) is 6.54 Å². The molecule has 2 aliphatic heterocycles. The molecule has 1 N–H and O–H groups in total. The predicted octanol–water partition coefficient (Wildman–Crippen LogP) is 0.805. The number of terminal acetylenes is 1. The second-order valence-electron chi connectivity index (χ2n) is 5.98. The van der Waals surface area contributed by atoms with Crippen LogP contribution >= 0.6 is 0 Å². The first kappa shape index (κ1) is 15.6. The topological polar surface area (TPSA) is 89.8 Å². The largest absolute Gasteiger partial charge is 0.340 e. The van der Waals surface area contributed by atoms with Gasteiger partial charge in [0.1, 0.15) is 12.2 Å². The first-order chi connectivity index (χ1) is 11.2. The highest BCUT2D eigenvalue weighted by Gasteiger charge is 2.39. The summed E-state index contributed by atoms with van der Waals surface area (Å²) in [7, 11) is 0. The van der Waals surface area contributed by atoms with Gasteiger partial charge in [-0.3, -0.25) is 14.8 Å². The summed E-state index contributed by atoms with van der Waals surface area (Å²) in [6, 6.07) is 0. The van der Waals surface area contributed by atoms with E-state index in [0.717, 1.165) is 45.0 Å². The lowest BCUT2D eigenvalue weighted by atomic mass is 10.0. The van der Waals surface area contributed by atoms with Gasteiger partial charge in [-0.15, -0.1) is 12.3 Å². The monoisotopic (exact) mass is 315 g/mol. The molecule has 2 aliphatic rings. The lowest BCUT2D eigenvalue weighted by Gasteiger charge is -2.34. The van der Waals surface area contributed by atoms with Crippen molar-refractivity contribution in [1.82, 2.24) is 25.0 Å². The van der Waals surface area contributed by atoms with Crippen LogP contribution in [0.3, 0.4) is 0 Å². The number of nitrogens with one attached hydrogen (secondary N) is 1. The van der Waals surface area contributed by atoms with Gasteiger partial charge in [-0.1, -0.05) is 0 Å². The van der Waals surface area contributed by atoms with Crippen molar-refractivity contribution in [3.05, 3.63) is 12.2 Å². The number of aromatic amines is 1. The Bertz CT molecular complexity index is 590. The van der Waals surface area contributed by atoms with E-state index in [9.17, 15) is 4.79 Å². The van der Waals surface area contributed by atoms with Crippen molar-refractivity contribution < 1.29 is 4.79 Å². The Hall–Kier alpha value is -2.27. The number of nitrogens with zero attached hydrogens (tertiary/aromatic N) is 6. The van der Waals surface area contributed by atoms with Gasteiger partial charge in [-0.25, -0.2) is 4.98 Å². The summed E-state index contributed by atoms with van der Waals surface area (Å²) in [6.07, 6.45) is 9.35. The van der Waals surface area contributed by atoms with Crippen molar-refractivity contribution in [2.75, 3.05) is 26.2 Å². The molecule has 1 fully saturated rings. The molecule has 0 unspecified atom stereocenters. The normalized spacial score (nSPS) is 19.5. The van der Waals surface area contributed by atoms with Crippen LogP contribution in [0.4, 0.5) is 0 Å². The fraction of sp³-hybridized carbons (Fsp3) is 0.667. The fourth-order valence-electron chi connectivity index (χ4n) is 2.81. The number of hydrogen-bond acceptors (Lipinski definition) is 6. The predicted molar refractivity (Wildman–Crippen MR) is 83.1 cm³/mol. The Morgan fingerprint density at radius 1 is 1.30 bits per heavy atom. The Balaban J connectivity index is 1.38. The lowest BCUT2D eigenvalue weighted by Crippen LogP contribution is -2.48. The van der Waals surface area contributed by atoms with E-state index in [0.29, 0.717) is 19.3 Å². The zero-order chi connectivity index (χ0) is 16.1. The van der Waals surface area contributed by atoms with Gasteiger partial charge >= 0.3 is 0 Å². The third kappa shape index (κ3) is 4.13. The highest BCUT2D eigenvalue weighted by molar-refractivity contribution is 5.76. The van der Waals surface area contributed by atoms with E-state index >= 15 is 0 Å². The van der Waals surface area contributed by atoms with Gasteiger partial charge in [0.25, 0.3) is 0 Å². The van der Waals surface area contributed by atoms with Gasteiger partial charge in [0, 0.05) is 51.9 Å². The summed E-state index contributed by atoms with van der Waals surface area (Å²) in [5.74, 6) is 3.65. The molecule has 0 bridgehead atoms. The molecule has 1 aromatic rings. The van der Waals surface area contributed by atoms with Crippen molar-refractivity contribution >= 4 is 5.91 Å². The molecule has 1 aromatic heterocycles. The summed E-state index contributed by atoms with van der Waals surface area (Å²) >= 11 is 0. The third-order valence-electron chi connectivity index (χ3n) is 4.36. The Labute approximate surface area is 135 Å². The van der Waals surface area contributed by atoms with Gasteiger partial charge in [0.2, 0.25) is 5.91 Å². The van der Waals surface area contributed by atoms with Crippen molar-refractivity contribution in [2.24, 2.45) is 10.2 Å². The van der Waals surface area contributed by atoms with E-state index in [1.807, 2.05) is 4.90 Å². The van der Waals surface area contributed by atoms with E-state index in [-0.39, 0.29) is 11.6 Å². The molecule has 8 heteroatoms. The fourth-order valence-corrected chi connectivity index (χ4v) is 2.81. The number of aromatic nitrogens is 3. The standard InChI is InChI=1S/C15H21N7O/c1-2-3-5-15(19-20-15)6-4-14(23)22-9-7-21(8-10-22)11-13-16-12-17-18-13/h1,12H,3-11H2,(H,16,17,18).